The molecule has 2 atom stereocenters. The Morgan fingerprint density at radius 3 is 2.45 bits per heavy atom. The molecule has 0 fully saturated rings. The summed E-state index contributed by atoms with van der Waals surface area (Å²) in [4.78, 5) is 0. The molecular weight excluding hydrogens is 481 g/mol. The molecule has 0 aliphatic carbocycles. The number of aliphatic hydroxyl groups is 1. The lowest BCUT2D eigenvalue weighted by atomic mass is 10.2. The topological polar surface area (TPSA) is 20.2 Å². The molecule has 0 aromatic rings. The number of hydrogen-bond acceptors (Lipinski definition) is 1. The van der Waals surface area contributed by atoms with E-state index >= 15 is 0 Å². The molecular formula is C7H11I3O. The first-order chi connectivity index (χ1) is 5.22. The van der Waals surface area contributed by atoms with Crippen LogP contribution in [0.4, 0.5) is 0 Å². The summed E-state index contributed by atoms with van der Waals surface area (Å²) in [6.07, 6.45) is 5.49. The van der Waals surface area contributed by atoms with Crippen LogP contribution in [0.2, 0.25) is 0 Å². The number of halogens is 3. The van der Waals surface area contributed by atoms with Gasteiger partial charge in [0.15, 0.2) is 0 Å². The van der Waals surface area contributed by atoms with Crippen molar-refractivity contribution in [2.75, 3.05) is 4.43 Å². The van der Waals surface area contributed by atoms with Crippen LogP contribution in [0.5, 0.6) is 0 Å². The number of rotatable bonds is 5. The normalized spacial score (nSPS) is 17.0. The Morgan fingerprint density at radius 1 is 1.36 bits per heavy atom. The molecule has 2 unspecified atom stereocenters. The van der Waals surface area contributed by atoms with Crippen LogP contribution in [0, 0.1) is 0 Å². The minimum Gasteiger partial charge on any atom is -0.516 e. The van der Waals surface area contributed by atoms with E-state index in [1.165, 1.54) is 17.3 Å². The number of alkyl halides is 3. The highest BCUT2D eigenvalue weighted by Crippen LogP contribution is 2.21. The van der Waals surface area contributed by atoms with E-state index in [0.29, 0.717) is 7.85 Å². The molecule has 0 aromatic heterocycles. The van der Waals surface area contributed by atoms with E-state index < -0.39 is 0 Å². The van der Waals surface area contributed by atoms with Crippen molar-refractivity contribution < 1.29 is 5.11 Å². The van der Waals surface area contributed by atoms with Gasteiger partial charge in [-0.15, -0.1) is 0 Å². The summed E-state index contributed by atoms with van der Waals surface area (Å²) in [5.41, 5.74) is 0. The van der Waals surface area contributed by atoms with Crippen molar-refractivity contribution >= 4 is 67.8 Å². The molecule has 4 heteroatoms. The Morgan fingerprint density at radius 2 is 2.00 bits per heavy atom. The van der Waals surface area contributed by atoms with Gasteiger partial charge in [0.05, 0.1) is 6.26 Å². The molecule has 1 nitrogen and oxygen atoms in total. The molecule has 0 bridgehead atoms. The fourth-order valence-electron chi connectivity index (χ4n) is 0.634. The van der Waals surface area contributed by atoms with E-state index in [1.54, 1.807) is 0 Å². The molecule has 66 valence electrons. The second-order valence-corrected chi connectivity index (χ2v) is 6.25. The van der Waals surface area contributed by atoms with Crippen LogP contribution < -0.4 is 0 Å². The Labute approximate surface area is 109 Å². The van der Waals surface area contributed by atoms with E-state index in [4.69, 9.17) is 5.11 Å². The first-order valence-corrected chi connectivity index (χ1v) is 7.39. The summed E-state index contributed by atoms with van der Waals surface area (Å²) in [5, 5.41) is 8.52. The van der Waals surface area contributed by atoms with Crippen LogP contribution in [-0.2, 0) is 0 Å². The van der Waals surface area contributed by atoms with Gasteiger partial charge < -0.3 is 5.11 Å². The Balaban J connectivity index is 3.54. The summed E-state index contributed by atoms with van der Waals surface area (Å²) >= 11 is 7.18. The van der Waals surface area contributed by atoms with Crippen LogP contribution in [-0.4, -0.2) is 17.4 Å². The highest BCUT2D eigenvalue weighted by atomic mass is 127. The van der Waals surface area contributed by atoms with Crippen molar-refractivity contribution in [1.29, 1.82) is 0 Å². The predicted molar refractivity (Wildman–Crippen MR) is 75.5 cm³/mol. The SMILES string of the molecule is OC=CC(I)C(I)CCCI. The van der Waals surface area contributed by atoms with Gasteiger partial charge in [0.25, 0.3) is 0 Å². The summed E-state index contributed by atoms with van der Waals surface area (Å²) in [5.74, 6) is 0. The van der Waals surface area contributed by atoms with E-state index in [2.05, 4.69) is 67.8 Å². The quantitative estimate of drug-likeness (QED) is 0.352. The lowest BCUT2D eigenvalue weighted by Gasteiger charge is -2.11. The van der Waals surface area contributed by atoms with Gasteiger partial charge in [-0.05, 0) is 23.3 Å². The van der Waals surface area contributed by atoms with Gasteiger partial charge in [-0.25, -0.2) is 0 Å². The number of aliphatic hydroxyl groups excluding tert-OH is 1. The molecule has 0 aliphatic heterocycles. The van der Waals surface area contributed by atoms with Crippen molar-refractivity contribution in [2.24, 2.45) is 0 Å². The number of hydrogen-bond donors (Lipinski definition) is 1. The van der Waals surface area contributed by atoms with E-state index in [0.717, 1.165) is 6.26 Å². The molecule has 0 radical (unpaired) electrons. The summed E-state index contributed by atoms with van der Waals surface area (Å²) in [6, 6.07) is 0. The molecule has 0 amide bonds. The van der Waals surface area contributed by atoms with Gasteiger partial charge in [0.1, 0.15) is 0 Å². The average molecular weight is 492 g/mol. The first-order valence-electron chi connectivity index (χ1n) is 3.37. The van der Waals surface area contributed by atoms with Gasteiger partial charge in [0, 0.05) is 7.85 Å². The second-order valence-electron chi connectivity index (χ2n) is 2.13. The van der Waals surface area contributed by atoms with Crippen LogP contribution in [0.3, 0.4) is 0 Å². The molecule has 0 spiro atoms. The Hall–Kier alpha value is 1.73. The van der Waals surface area contributed by atoms with Gasteiger partial charge in [-0.2, -0.15) is 0 Å². The van der Waals surface area contributed by atoms with Crippen molar-refractivity contribution in [3.8, 4) is 0 Å². The zero-order valence-electron chi connectivity index (χ0n) is 6.01. The summed E-state index contributed by atoms with van der Waals surface area (Å²) in [6.45, 7) is 0. The lowest BCUT2D eigenvalue weighted by Crippen LogP contribution is -2.10. The van der Waals surface area contributed by atoms with Crippen LogP contribution >= 0.6 is 67.8 Å². The molecule has 0 aromatic carbocycles. The minimum atomic E-state index is 0.459. The molecule has 0 heterocycles. The molecule has 1 N–H and O–H groups in total. The van der Waals surface area contributed by atoms with Crippen LogP contribution in [0.25, 0.3) is 0 Å². The Kier molecular flexibility index (Phi) is 9.64. The van der Waals surface area contributed by atoms with Crippen LogP contribution in [0.1, 0.15) is 12.8 Å². The minimum absolute atomic E-state index is 0.459. The summed E-state index contributed by atoms with van der Waals surface area (Å²) < 4.78 is 2.33. The van der Waals surface area contributed by atoms with E-state index in [-0.39, 0.29) is 0 Å². The average Bonchev–Trinajstić information content (AvgIpc) is 2.00. The maximum absolute atomic E-state index is 8.52. The predicted octanol–water partition coefficient (Wildman–Crippen LogP) is 3.88. The highest BCUT2D eigenvalue weighted by Gasteiger charge is 2.11. The van der Waals surface area contributed by atoms with Crippen molar-refractivity contribution in [3.63, 3.8) is 0 Å². The zero-order chi connectivity index (χ0) is 8.69. The maximum atomic E-state index is 8.52. The largest absolute Gasteiger partial charge is 0.516 e. The molecule has 0 rings (SSSR count). The lowest BCUT2D eigenvalue weighted by molar-refractivity contribution is 0.471. The fourth-order valence-corrected chi connectivity index (χ4v) is 2.30. The van der Waals surface area contributed by atoms with Crippen molar-refractivity contribution in [1.82, 2.24) is 0 Å². The standard InChI is InChI=1S/C7H11I3O/c8-4-1-2-6(9)7(10)3-5-11/h3,5-7,11H,1-2,4H2. The van der Waals surface area contributed by atoms with E-state index in [9.17, 15) is 0 Å². The third-order valence-corrected chi connectivity index (χ3v) is 6.05. The smallest absolute Gasteiger partial charge is 0.0762 e. The monoisotopic (exact) mass is 492 g/mol. The zero-order valence-corrected chi connectivity index (χ0v) is 12.5. The summed E-state index contributed by atoms with van der Waals surface area (Å²) in [7, 11) is 0. The third-order valence-electron chi connectivity index (χ3n) is 1.23. The number of allylic oxidation sites excluding steroid dienone is 1. The van der Waals surface area contributed by atoms with Gasteiger partial charge >= 0.3 is 0 Å². The molecule has 0 saturated heterocycles. The molecule has 0 saturated carbocycles. The van der Waals surface area contributed by atoms with Crippen LogP contribution in [0.15, 0.2) is 12.3 Å². The first kappa shape index (κ1) is 12.7. The van der Waals surface area contributed by atoms with Gasteiger partial charge in [-0.1, -0.05) is 67.8 Å². The van der Waals surface area contributed by atoms with Crippen molar-refractivity contribution in [3.05, 3.63) is 12.3 Å². The van der Waals surface area contributed by atoms with Gasteiger partial charge in [-0.3, -0.25) is 0 Å². The second kappa shape index (κ2) is 8.33. The molecule has 0 aliphatic rings. The third kappa shape index (κ3) is 6.85. The van der Waals surface area contributed by atoms with Gasteiger partial charge in [0.2, 0.25) is 0 Å². The highest BCUT2D eigenvalue weighted by molar-refractivity contribution is 14.1. The maximum Gasteiger partial charge on any atom is 0.0762 e. The van der Waals surface area contributed by atoms with Crippen molar-refractivity contribution in [2.45, 2.75) is 20.7 Å². The fraction of sp³-hybridized carbons (Fsp3) is 0.714. The molecule has 11 heavy (non-hydrogen) atoms. The Bertz CT molecular complexity index is 116. The van der Waals surface area contributed by atoms with E-state index in [1.807, 2.05) is 6.08 Å².